The summed E-state index contributed by atoms with van der Waals surface area (Å²) in [6.07, 6.45) is 3.69. The van der Waals surface area contributed by atoms with Crippen molar-refractivity contribution in [2.75, 3.05) is 13.1 Å². The van der Waals surface area contributed by atoms with Crippen LogP contribution in [-0.4, -0.2) is 38.7 Å². The molecule has 7 nitrogen and oxygen atoms in total. The Labute approximate surface area is 156 Å². The molecule has 2 aromatic rings. The molecule has 0 spiro atoms. The Hall–Kier alpha value is -2.28. The molecule has 1 aromatic carbocycles. The number of rotatable bonds is 6. The summed E-state index contributed by atoms with van der Waals surface area (Å²) >= 11 is 6.23. The van der Waals surface area contributed by atoms with Gasteiger partial charge in [-0.3, -0.25) is 4.79 Å². The second kappa shape index (κ2) is 8.40. The van der Waals surface area contributed by atoms with Crippen LogP contribution in [0, 0.1) is 5.92 Å². The molecule has 1 saturated heterocycles. The largest absolute Gasteiger partial charge is 0.344 e. The van der Waals surface area contributed by atoms with Gasteiger partial charge in [-0.05, 0) is 43.2 Å². The number of carbonyl (C=O) groups is 1. The van der Waals surface area contributed by atoms with Gasteiger partial charge in [-0.15, -0.1) is 0 Å². The van der Waals surface area contributed by atoms with E-state index in [4.69, 9.17) is 11.6 Å². The number of nitrogens with zero attached hydrogens (tertiary/aromatic N) is 2. The minimum Gasteiger partial charge on any atom is -0.343 e. The highest BCUT2D eigenvalue weighted by molar-refractivity contribution is 6.31. The van der Waals surface area contributed by atoms with E-state index in [1.54, 1.807) is 0 Å². The Balaban J connectivity index is 1.43. The molecule has 1 aliphatic heterocycles. The molecule has 0 radical (unpaired) electrons. The molecule has 8 heteroatoms. The third-order valence-corrected chi connectivity index (χ3v) is 5.34. The number of nitrogens with one attached hydrogen (secondary N) is 2. The maximum Gasteiger partial charge on any atom is 0.344 e. The minimum absolute atomic E-state index is 0.0845. The number of amides is 1. The van der Waals surface area contributed by atoms with Gasteiger partial charge in [0.05, 0.1) is 0 Å². The molecule has 3 rings (SSSR count). The quantitative estimate of drug-likeness (QED) is 0.802. The molecule has 0 saturated carbocycles. The van der Waals surface area contributed by atoms with Crippen LogP contribution < -0.4 is 11.4 Å². The van der Waals surface area contributed by atoms with E-state index in [1.165, 1.54) is 5.56 Å². The predicted octanol–water partition coefficient (Wildman–Crippen LogP) is 1.78. The standard InChI is InChI=1S/C18H23ClN4O3/c19-15-5-2-1-4-14(15)12-13-7-10-22(11-8-13)16(24)6-3-9-23-17(25)20-21-18(23)26/h1-2,4-5,13H,3,6-12H2,(H,20,25)(H,21,26). The van der Waals surface area contributed by atoms with Crippen molar-refractivity contribution in [3.63, 3.8) is 0 Å². The van der Waals surface area contributed by atoms with Gasteiger partial charge in [0.2, 0.25) is 5.91 Å². The average molecular weight is 379 g/mol. The Morgan fingerprint density at radius 2 is 1.77 bits per heavy atom. The van der Waals surface area contributed by atoms with Gasteiger partial charge in [0.15, 0.2) is 0 Å². The first-order valence-electron chi connectivity index (χ1n) is 8.93. The zero-order valence-electron chi connectivity index (χ0n) is 14.5. The molecule has 2 heterocycles. The molecule has 26 heavy (non-hydrogen) atoms. The first-order valence-corrected chi connectivity index (χ1v) is 9.31. The zero-order valence-corrected chi connectivity index (χ0v) is 15.3. The van der Waals surface area contributed by atoms with E-state index < -0.39 is 11.4 Å². The average Bonchev–Trinajstić information content (AvgIpc) is 2.96. The Bertz CT molecular complexity index is 834. The molecule has 140 valence electrons. The monoisotopic (exact) mass is 378 g/mol. The number of hydrogen-bond acceptors (Lipinski definition) is 3. The van der Waals surface area contributed by atoms with E-state index in [9.17, 15) is 14.4 Å². The van der Waals surface area contributed by atoms with Crippen LogP contribution in [0.4, 0.5) is 0 Å². The molecular formula is C18H23ClN4O3. The summed E-state index contributed by atoms with van der Waals surface area (Å²) in [5, 5.41) is 5.27. The van der Waals surface area contributed by atoms with Crippen LogP contribution in [0.2, 0.25) is 5.02 Å². The SMILES string of the molecule is O=C(CCCn1c(=O)[nH][nH]c1=O)N1CCC(Cc2ccccc2Cl)CC1. The van der Waals surface area contributed by atoms with Crippen LogP contribution in [0.1, 0.15) is 31.2 Å². The lowest BCUT2D eigenvalue weighted by molar-refractivity contribution is -0.132. The molecule has 1 aromatic heterocycles. The molecule has 1 fully saturated rings. The van der Waals surface area contributed by atoms with E-state index in [1.807, 2.05) is 23.1 Å². The molecule has 0 atom stereocenters. The Morgan fingerprint density at radius 1 is 1.12 bits per heavy atom. The van der Waals surface area contributed by atoms with Gasteiger partial charge in [0.1, 0.15) is 0 Å². The number of aromatic amines is 2. The number of benzene rings is 1. The number of aromatic nitrogens is 3. The fourth-order valence-electron chi connectivity index (χ4n) is 3.45. The lowest BCUT2D eigenvalue weighted by atomic mass is 9.90. The zero-order chi connectivity index (χ0) is 18.5. The van der Waals surface area contributed by atoms with Gasteiger partial charge in [-0.25, -0.2) is 24.4 Å². The second-order valence-corrected chi connectivity index (χ2v) is 7.14. The van der Waals surface area contributed by atoms with Crippen molar-refractivity contribution >= 4 is 17.5 Å². The summed E-state index contributed by atoms with van der Waals surface area (Å²) in [7, 11) is 0. The lowest BCUT2D eigenvalue weighted by Gasteiger charge is -2.32. The third-order valence-electron chi connectivity index (χ3n) is 4.97. The van der Waals surface area contributed by atoms with Crippen molar-refractivity contribution in [3.05, 3.63) is 55.8 Å². The first-order chi connectivity index (χ1) is 12.5. The highest BCUT2D eigenvalue weighted by atomic mass is 35.5. The predicted molar refractivity (Wildman–Crippen MR) is 99.4 cm³/mol. The second-order valence-electron chi connectivity index (χ2n) is 6.74. The van der Waals surface area contributed by atoms with Crippen LogP contribution in [0.5, 0.6) is 0 Å². The van der Waals surface area contributed by atoms with E-state index >= 15 is 0 Å². The minimum atomic E-state index is -0.470. The van der Waals surface area contributed by atoms with E-state index in [-0.39, 0.29) is 12.5 Å². The summed E-state index contributed by atoms with van der Waals surface area (Å²) in [6, 6.07) is 7.91. The van der Waals surface area contributed by atoms with Crippen LogP contribution in [0.25, 0.3) is 0 Å². The number of piperidine rings is 1. The Morgan fingerprint density at radius 3 is 2.42 bits per heavy atom. The third kappa shape index (κ3) is 4.46. The topological polar surface area (TPSA) is 91.0 Å². The summed E-state index contributed by atoms with van der Waals surface area (Å²) < 4.78 is 1.07. The van der Waals surface area contributed by atoms with E-state index in [2.05, 4.69) is 16.3 Å². The number of H-pyrrole nitrogens is 2. The fourth-order valence-corrected chi connectivity index (χ4v) is 3.66. The smallest absolute Gasteiger partial charge is 0.343 e. The van der Waals surface area contributed by atoms with Gasteiger partial charge in [0, 0.05) is 31.1 Å². The highest BCUT2D eigenvalue weighted by Crippen LogP contribution is 2.25. The summed E-state index contributed by atoms with van der Waals surface area (Å²) in [5.41, 5.74) is 0.229. The van der Waals surface area contributed by atoms with Crippen molar-refractivity contribution in [2.45, 2.75) is 38.6 Å². The first kappa shape index (κ1) is 18.5. The molecule has 1 aliphatic rings. The van der Waals surface area contributed by atoms with E-state index in [0.717, 1.165) is 41.9 Å². The van der Waals surface area contributed by atoms with Crippen molar-refractivity contribution in [2.24, 2.45) is 5.92 Å². The fraction of sp³-hybridized carbons (Fsp3) is 0.500. The number of likely N-dealkylation sites (tertiary alicyclic amines) is 1. The van der Waals surface area contributed by atoms with Gasteiger partial charge in [-0.2, -0.15) is 0 Å². The van der Waals surface area contributed by atoms with Crippen LogP contribution in [0.15, 0.2) is 33.9 Å². The normalized spacial score (nSPS) is 15.3. The van der Waals surface area contributed by atoms with Crippen LogP contribution in [-0.2, 0) is 17.8 Å². The van der Waals surface area contributed by atoms with Crippen molar-refractivity contribution in [1.82, 2.24) is 19.7 Å². The summed E-state index contributed by atoms with van der Waals surface area (Å²) in [6.45, 7) is 1.74. The van der Waals surface area contributed by atoms with Gasteiger partial charge < -0.3 is 4.90 Å². The summed E-state index contributed by atoms with van der Waals surface area (Å²) in [4.78, 5) is 37.0. The highest BCUT2D eigenvalue weighted by Gasteiger charge is 2.23. The van der Waals surface area contributed by atoms with Gasteiger partial charge in [-0.1, -0.05) is 29.8 Å². The molecule has 0 aliphatic carbocycles. The van der Waals surface area contributed by atoms with Crippen LogP contribution in [0.3, 0.4) is 0 Å². The Kier molecular flexibility index (Phi) is 5.98. The van der Waals surface area contributed by atoms with Crippen LogP contribution >= 0.6 is 11.6 Å². The van der Waals surface area contributed by atoms with Crippen molar-refractivity contribution < 1.29 is 4.79 Å². The lowest BCUT2D eigenvalue weighted by Crippen LogP contribution is -2.39. The van der Waals surface area contributed by atoms with Gasteiger partial charge >= 0.3 is 11.4 Å². The molecule has 1 amide bonds. The molecular weight excluding hydrogens is 356 g/mol. The van der Waals surface area contributed by atoms with Crippen molar-refractivity contribution in [1.29, 1.82) is 0 Å². The number of halogens is 1. The maximum absolute atomic E-state index is 12.3. The van der Waals surface area contributed by atoms with E-state index in [0.29, 0.717) is 18.8 Å². The number of carbonyl (C=O) groups excluding carboxylic acids is 1. The molecule has 2 N–H and O–H groups in total. The molecule has 0 unspecified atom stereocenters. The van der Waals surface area contributed by atoms with Crippen molar-refractivity contribution in [3.8, 4) is 0 Å². The number of hydrogen-bond donors (Lipinski definition) is 2. The maximum atomic E-state index is 12.3. The summed E-state index contributed by atoms with van der Waals surface area (Å²) in [5.74, 6) is 0.622. The molecule has 0 bridgehead atoms. The van der Waals surface area contributed by atoms with Gasteiger partial charge in [0.25, 0.3) is 0 Å².